The Morgan fingerprint density at radius 3 is 2.79 bits per heavy atom. The van der Waals surface area contributed by atoms with E-state index in [1.54, 1.807) is 23.6 Å². The van der Waals surface area contributed by atoms with Crippen molar-refractivity contribution in [2.75, 3.05) is 10.6 Å². The van der Waals surface area contributed by atoms with Gasteiger partial charge in [0.05, 0.1) is 15.1 Å². The van der Waals surface area contributed by atoms with Crippen molar-refractivity contribution in [2.45, 2.75) is 0 Å². The number of benzene rings is 2. The molecule has 28 heavy (non-hydrogen) atoms. The number of non-ortho nitro benzene ring substituents is 1. The van der Waals surface area contributed by atoms with E-state index in [2.05, 4.69) is 20.6 Å². The number of hydrogen-bond acceptors (Lipinski definition) is 8. The molecule has 0 aliphatic heterocycles. The highest BCUT2D eigenvalue weighted by atomic mass is 35.5. The molecule has 4 aromatic rings. The van der Waals surface area contributed by atoms with Crippen LogP contribution in [0.4, 0.5) is 21.6 Å². The van der Waals surface area contributed by atoms with Crippen LogP contribution in [0.3, 0.4) is 0 Å². The number of carbonyl (C=O) groups excluding carboxylic acids is 1. The number of carbonyl (C=O) groups is 1. The molecule has 2 heterocycles. The fourth-order valence-corrected chi connectivity index (χ4v) is 4.16. The first kappa shape index (κ1) is 18.3. The molecule has 0 spiro atoms. The largest absolute Gasteiger partial charge is 0.331 e. The Hall–Kier alpha value is -3.08. The summed E-state index contributed by atoms with van der Waals surface area (Å²) in [7, 11) is 0. The first-order valence-electron chi connectivity index (χ1n) is 7.82. The number of aromatic nitrogens is 2. The summed E-state index contributed by atoms with van der Waals surface area (Å²) in [6.07, 6.45) is 0. The van der Waals surface area contributed by atoms with E-state index in [-0.39, 0.29) is 11.4 Å². The Bertz CT molecular complexity index is 1210. The van der Waals surface area contributed by atoms with Crippen LogP contribution in [-0.2, 0) is 0 Å². The Morgan fingerprint density at radius 2 is 2.00 bits per heavy atom. The van der Waals surface area contributed by atoms with Crippen LogP contribution in [0.1, 0.15) is 10.5 Å². The number of amides is 1. The number of nitro benzene ring substituents is 1. The molecule has 0 saturated carbocycles. The monoisotopic (exact) mass is 431 g/mol. The lowest BCUT2D eigenvalue weighted by atomic mass is 10.3. The maximum absolute atomic E-state index is 12.4. The van der Waals surface area contributed by atoms with Gasteiger partial charge < -0.3 is 5.32 Å². The highest BCUT2D eigenvalue weighted by Crippen LogP contribution is 2.30. The van der Waals surface area contributed by atoms with Gasteiger partial charge in [0.25, 0.3) is 11.6 Å². The molecule has 0 unspecified atom stereocenters. The molecule has 1 amide bonds. The van der Waals surface area contributed by atoms with E-state index >= 15 is 0 Å². The molecule has 0 fully saturated rings. The predicted octanol–water partition coefficient (Wildman–Crippen LogP) is 5.31. The van der Waals surface area contributed by atoms with Crippen molar-refractivity contribution in [1.29, 1.82) is 0 Å². The third kappa shape index (κ3) is 3.93. The molecule has 2 aromatic carbocycles. The highest BCUT2D eigenvalue weighted by molar-refractivity contribution is 7.22. The highest BCUT2D eigenvalue weighted by Gasteiger charge is 2.15. The zero-order chi connectivity index (χ0) is 19.7. The summed E-state index contributed by atoms with van der Waals surface area (Å²) in [5.74, 6) is -0.413. The molecular weight excluding hydrogens is 422 g/mol. The molecule has 11 heteroatoms. The quantitative estimate of drug-likeness (QED) is 0.327. The van der Waals surface area contributed by atoms with E-state index in [4.69, 9.17) is 11.6 Å². The van der Waals surface area contributed by atoms with E-state index < -0.39 is 10.8 Å². The van der Waals surface area contributed by atoms with Gasteiger partial charge >= 0.3 is 0 Å². The molecule has 0 radical (unpaired) electrons. The van der Waals surface area contributed by atoms with Crippen LogP contribution in [0.2, 0.25) is 5.02 Å². The van der Waals surface area contributed by atoms with Gasteiger partial charge in [0.1, 0.15) is 5.69 Å². The fourth-order valence-electron chi connectivity index (χ4n) is 2.37. The Balaban J connectivity index is 1.48. The topological polar surface area (TPSA) is 110 Å². The van der Waals surface area contributed by atoms with E-state index in [1.165, 1.54) is 23.5 Å². The first-order chi connectivity index (χ1) is 13.5. The van der Waals surface area contributed by atoms with Crippen LogP contribution in [0.5, 0.6) is 0 Å². The van der Waals surface area contributed by atoms with Crippen LogP contribution in [0, 0.1) is 10.1 Å². The number of anilines is 3. The van der Waals surface area contributed by atoms with Crippen LogP contribution >= 0.6 is 34.3 Å². The number of nitrogens with zero attached hydrogens (tertiary/aromatic N) is 3. The summed E-state index contributed by atoms with van der Waals surface area (Å²) in [6, 6.07) is 11.5. The second kappa shape index (κ2) is 7.50. The third-order valence-corrected chi connectivity index (χ3v) is 5.54. The number of thiazole rings is 2. The summed E-state index contributed by atoms with van der Waals surface area (Å²) in [5, 5.41) is 19.7. The minimum Gasteiger partial charge on any atom is -0.331 e. The second-order valence-electron chi connectivity index (χ2n) is 5.56. The van der Waals surface area contributed by atoms with Crippen molar-refractivity contribution in [3.63, 3.8) is 0 Å². The Morgan fingerprint density at radius 1 is 1.14 bits per heavy atom. The lowest BCUT2D eigenvalue weighted by Gasteiger charge is -2.02. The van der Waals surface area contributed by atoms with Crippen molar-refractivity contribution < 1.29 is 9.72 Å². The van der Waals surface area contributed by atoms with E-state index in [1.807, 2.05) is 12.1 Å². The molecule has 140 valence electrons. The van der Waals surface area contributed by atoms with Crippen LogP contribution < -0.4 is 10.6 Å². The smallest absolute Gasteiger partial charge is 0.276 e. The number of nitro groups is 1. The normalized spacial score (nSPS) is 10.8. The summed E-state index contributed by atoms with van der Waals surface area (Å²) in [6.45, 7) is 0. The Kier molecular flexibility index (Phi) is 4.90. The molecule has 0 atom stereocenters. The van der Waals surface area contributed by atoms with Gasteiger partial charge in [-0.3, -0.25) is 20.2 Å². The van der Waals surface area contributed by atoms with Crippen LogP contribution in [0.25, 0.3) is 10.2 Å². The summed E-state index contributed by atoms with van der Waals surface area (Å²) >= 11 is 8.40. The predicted molar refractivity (Wildman–Crippen MR) is 111 cm³/mol. The number of halogens is 1. The number of hydrogen-bond donors (Lipinski definition) is 2. The molecule has 4 rings (SSSR count). The zero-order valence-corrected chi connectivity index (χ0v) is 16.3. The third-order valence-electron chi connectivity index (χ3n) is 3.62. The molecule has 0 saturated heterocycles. The minimum absolute atomic E-state index is 0.0229. The van der Waals surface area contributed by atoms with Crippen LogP contribution in [0.15, 0.2) is 47.8 Å². The maximum atomic E-state index is 12.4. The van der Waals surface area contributed by atoms with Gasteiger partial charge in [-0.2, -0.15) is 0 Å². The molecule has 2 aromatic heterocycles. The van der Waals surface area contributed by atoms with Gasteiger partial charge in [-0.15, -0.1) is 11.3 Å². The molecule has 8 nitrogen and oxygen atoms in total. The summed E-state index contributed by atoms with van der Waals surface area (Å²) in [5.41, 5.74) is 1.55. The number of nitrogens with one attached hydrogen (secondary N) is 2. The number of rotatable bonds is 5. The van der Waals surface area contributed by atoms with Crippen LogP contribution in [-0.4, -0.2) is 20.8 Å². The second-order valence-corrected chi connectivity index (χ2v) is 7.88. The van der Waals surface area contributed by atoms with Gasteiger partial charge in [0.15, 0.2) is 10.3 Å². The SMILES string of the molecule is O=C(Nc1nc2ccc([N+](=O)[O-])cc2s1)c1csc(Nc2cccc(Cl)c2)n1. The average molecular weight is 432 g/mol. The van der Waals surface area contributed by atoms with Gasteiger partial charge in [0, 0.05) is 28.2 Å². The standard InChI is InChI=1S/C17H10ClN5O3S2/c18-9-2-1-3-10(6-9)19-16-21-13(8-27-16)15(24)22-17-20-12-5-4-11(23(25)26)7-14(12)28-17/h1-8H,(H,19,21)(H,20,22,24). The van der Waals surface area contributed by atoms with Crippen molar-refractivity contribution in [1.82, 2.24) is 9.97 Å². The first-order valence-corrected chi connectivity index (χ1v) is 9.90. The summed E-state index contributed by atoms with van der Waals surface area (Å²) < 4.78 is 0.617. The van der Waals surface area contributed by atoms with E-state index in [9.17, 15) is 14.9 Å². The van der Waals surface area contributed by atoms with Gasteiger partial charge in [-0.05, 0) is 24.3 Å². The fraction of sp³-hybridized carbons (Fsp3) is 0. The average Bonchev–Trinajstić information content (AvgIpc) is 3.27. The molecule has 0 bridgehead atoms. The Labute approximate surface area is 171 Å². The van der Waals surface area contributed by atoms with Crippen molar-refractivity contribution in [2.24, 2.45) is 0 Å². The van der Waals surface area contributed by atoms with Gasteiger partial charge in [0.2, 0.25) is 0 Å². The van der Waals surface area contributed by atoms with E-state index in [0.29, 0.717) is 25.5 Å². The summed E-state index contributed by atoms with van der Waals surface area (Å²) in [4.78, 5) is 31.4. The van der Waals surface area contributed by atoms with Crippen molar-refractivity contribution in [3.05, 3.63) is 68.7 Å². The lowest BCUT2D eigenvalue weighted by molar-refractivity contribution is -0.384. The van der Waals surface area contributed by atoms with Crippen molar-refractivity contribution in [3.8, 4) is 0 Å². The molecule has 2 N–H and O–H groups in total. The van der Waals surface area contributed by atoms with Gasteiger partial charge in [-0.25, -0.2) is 9.97 Å². The maximum Gasteiger partial charge on any atom is 0.276 e. The molecule has 0 aliphatic rings. The minimum atomic E-state index is -0.471. The van der Waals surface area contributed by atoms with Crippen molar-refractivity contribution >= 4 is 72.0 Å². The molecule has 0 aliphatic carbocycles. The number of fused-ring (bicyclic) bond motifs is 1. The lowest BCUT2D eigenvalue weighted by Crippen LogP contribution is -2.12. The molecular formula is C17H10ClN5O3S2. The zero-order valence-electron chi connectivity index (χ0n) is 13.9. The van der Waals surface area contributed by atoms with E-state index in [0.717, 1.165) is 17.0 Å². The van der Waals surface area contributed by atoms with Gasteiger partial charge in [-0.1, -0.05) is 29.0 Å².